The number of methoxy groups -OCH3 is 2. The third-order valence-electron chi connectivity index (χ3n) is 3.65. The Morgan fingerprint density at radius 3 is 2.55 bits per heavy atom. The van der Waals surface area contributed by atoms with Crippen LogP contribution in [0, 0.1) is 0 Å². The molecule has 3 atom stereocenters. The fraction of sp³-hybridized carbons (Fsp3) is 0.600. The van der Waals surface area contributed by atoms with E-state index in [1.54, 1.807) is 14.2 Å². The van der Waals surface area contributed by atoms with Gasteiger partial charge in [0.1, 0.15) is 11.5 Å². The molecule has 5 heteroatoms. The van der Waals surface area contributed by atoms with Gasteiger partial charge in [-0.2, -0.15) is 23.5 Å². The number of hydrogen-bond donors (Lipinski definition) is 1. The lowest BCUT2D eigenvalue weighted by Crippen LogP contribution is -2.36. The molecule has 1 heterocycles. The van der Waals surface area contributed by atoms with Crippen molar-refractivity contribution in [1.82, 2.24) is 5.32 Å². The normalized spacial score (nSPS) is 24.2. The summed E-state index contributed by atoms with van der Waals surface area (Å²) >= 11 is 4.12. The number of ether oxygens (including phenoxy) is 2. The van der Waals surface area contributed by atoms with E-state index in [9.17, 15) is 0 Å². The Morgan fingerprint density at radius 1 is 1.20 bits per heavy atom. The van der Waals surface area contributed by atoms with Gasteiger partial charge in [0, 0.05) is 39.7 Å². The van der Waals surface area contributed by atoms with Gasteiger partial charge in [-0.15, -0.1) is 0 Å². The maximum Gasteiger partial charge on any atom is 0.127 e. The van der Waals surface area contributed by atoms with Gasteiger partial charge in [-0.05, 0) is 13.1 Å². The third-order valence-corrected chi connectivity index (χ3v) is 6.85. The van der Waals surface area contributed by atoms with Crippen molar-refractivity contribution in [2.75, 3.05) is 32.8 Å². The smallest absolute Gasteiger partial charge is 0.127 e. The van der Waals surface area contributed by atoms with E-state index in [1.807, 2.05) is 19.2 Å². The minimum absolute atomic E-state index is 0.295. The highest BCUT2D eigenvalue weighted by Gasteiger charge is 2.32. The summed E-state index contributed by atoms with van der Waals surface area (Å²) in [5.41, 5.74) is 1.21. The first-order chi connectivity index (χ1) is 9.71. The molecule has 0 bridgehead atoms. The van der Waals surface area contributed by atoms with Crippen LogP contribution in [0.2, 0.25) is 0 Å². The second-order valence-electron chi connectivity index (χ2n) is 4.79. The summed E-state index contributed by atoms with van der Waals surface area (Å²) in [6, 6.07) is 6.38. The molecular weight excluding hydrogens is 290 g/mol. The Balaban J connectivity index is 2.30. The SMILES string of the molecule is CNC(c1ccc(OC)cc1OC)C1SCCSC1C. The Labute approximate surface area is 130 Å². The van der Waals surface area contributed by atoms with Crippen LogP contribution in [0.25, 0.3) is 0 Å². The topological polar surface area (TPSA) is 30.5 Å². The number of benzene rings is 1. The molecule has 1 saturated heterocycles. The van der Waals surface area contributed by atoms with Crippen molar-refractivity contribution in [3.63, 3.8) is 0 Å². The standard InChI is InChI=1S/C15H23NO2S2/c1-10-15(20-8-7-19-10)14(16-2)12-6-5-11(17-3)9-13(12)18-4/h5-6,9-10,14-16H,7-8H2,1-4H3. The molecule has 0 amide bonds. The summed E-state index contributed by atoms with van der Waals surface area (Å²) in [4.78, 5) is 0. The van der Waals surface area contributed by atoms with Crippen LogP contribution in [0.15, 0.2) is 18.2 Å². The van der Waals surface area contributed by atoms with Crippen LogP contribution in [0.5, 0.6) is 11.5 Å². The molecule has 0 spiro atoms. The van der Waals surface area contributed by atoms with E-state index in [1.165, 1.54) is 17.1 Å². The first kappa shape index (κ1) is 15.9. The van der Waals surface area contributed by atoms with E-state index < -0.39 is 0 Å². The summed E-state index contributed by atoms with van der Waals surface area (Å²) in [5.74, 6) is 4.20. The maximum absolute atomic E-state index is 5.56. The Morgan fingerprint density at radius 2 is 1.95 bits per heavy atom. The van der Waals surface area contributed by atoms with Crippen molar-refractivity contribution in [3.05, 3.63) is 23.8 Å². The van der Waals surface area contributed by atoms with Crippen molar-refractivity contribution < 1.29 is 9.47 Å². The molecule has 20 heavy (non-hydrogen) atoms. The van der Waals surface area contributed by atoms with E-state index >= 15 is 0 Å². The molecule has 3 unspecified atom stereocenters. The number of nitrogens with one attached hydrogen (secondary N) is 1. The zero-order valence-corrected chi connectivity index (χ0v) is 14.1. The molecular formula is C15H23NO2S2. The van der Waals surface area contributed by atoms with Gasteiger partial charge in [0.2, 0.25) is 0 Å². The van der Waals surface area contributed by atoms with Crippen molar-refractivity contribution in [2.45, 2.75) is 23.5 Å². The first-order valence-electron chi connectivity index (χ1n) is 6.83. The monoisotopic (exact) mass is 313 g/mol. The van der Waals surface area contributed by atoms with Crippen LogP contribution in [0.4, 0.5) is 0 Å². The number of thioether (sulfide) groups is 2. The first-order valence-corrected chi connectivity index (χ1v) is 8.93. The fourth-order valence-corrected chi connectivity index (χ4v) is 5.57. The lowest BCUT2D eigenvalue weighted by Gasteiger charge is -2.35. The minimum Gasteiger partial charge on any atom is -0.497 e. The molecule has 0 aliphatic carbocycles. The van der Waals surface area contributed by atoms with Crippen molar-refractivity contribution in [2.24, 2.45) is 0 Å². The van der Waals surface area contributed by atoms with Gasteiger partial charge in [-0.3, -0.25) is 0 Å². The van der Waals surface area contributed by atoms with E-state index in [0.29, 0.717) is 16.5 Å². The average Bonchev–Trinajstić information content (AvgIpc) is 2.50. The van der Waals surface area contributed by atoms with Gasteiger partial charge in [0.25, 0.3) is 0 Å². The molecule has 2 rings (SSSR count). The summed E-state index contributed by atoms with van der Waals surface area (Å²) in [7, 11) is 5.43. The van der Waals surface area contributed by atoms with Crippen LogP contribution in [-0.2, 0) is 0 Å². The lowest BCUT2D eigenvalue weighted by molar-refractivity contribution is 0.384. The van der Waals surface area contributed by atoms with Gasteiger partial charge in [0.15, 0.2) is 0 Å². The molecule has 1 aromatic rings. The summed E-state index contributed by atoms with van der Waals surface area (Å²) in [5, 5.41) is 4.67. The van der Waals surface area contributed by atoms with Gasteiger partial charge in [-0.25, -0.2) is 0 Å². The summed E-state index contributed by atoms with van der Waals surface area (Å²) in [6.07, 6.45) is 0. The van der Waals surface area contributed by atoms with Gasteiger partial charge >= 0.3 is 0 Å². The number of hydrogen-bond acceptors (Lipinski definition) is 5. The van der Waals surface area contributed by atoms with Crippen LogP contribution in [0.1, 0.15) is 18.5 Å². The summed E-state index contributed by atoms with van der Waals surface area (Å²) in [6.45, 7) is 2.32. The zero-order chi connectivity index (χ0) is 14.5. The average molecular weight is 313 g/mol. The van der Waals surface area contributed by atoms with Crippen LogP contribution < -0.4 is 14.8 Å². The van der Waals surface area contributed by atoms with E-state index in [4.69, 9.17) is 9.47 Å². The Bertz CT molecular complexity index is 442. The largest absolute Gasteiger partial charge is 0.497 e. The minimum atomic E-state index is 0.295. The predicted molar refractivity (Wildman–Crippen MR) is 89.5 cm³/mol. The van der Waals surface area contributed by atoms with Crippen molar-refractivity contribution in [3.8, 4) is 11.5 Å². The van der Waals surface area contributed by atoms with E-state index in [0.717, 1.165) is 11.5 Å². The van der Waals surface area contributed by atoms with Crippen LogP contribution in [0.3, 0.4) is 0 Å². The molecule has 3 nitrogen and oxygen atoms in total. The van der Waals surface area contributed by atoms with Gasteiger partial charge < -0.3 is 14.8 Å². The summed E-state index contributed by atoms with van der Waals surface area (Å²) < 4.78 is 10.8. The second-order valence-corrected chi connectivity index (χ2v) is 7.56. The van der Waals surface area contributed by atoms with Crippen molar-refractivity contribution >= 4 is 23.5 Å². The molecule has 0 radical (unpaired) electrons. The fourth-order valence-electron chi connectivity index (χ4n) is 2.59. The van der Waals surface area contributed by atoms with Crippen LogP contribution in [-0.4, -0.2) is 43.3 Å². The molecule has 112 valence electrons. The van der Waals surface area contributed by atoms with E-state index in [-0.39, 0.29) is 0 Å². The van der Waals surface area contributed by atoms with Crippen LogP contribution >= 0.6 is 23.5 Å². The number of rotatable bonds is 5. The quantitative estimate of drug-likeness (QED) is 0.902. The molecule has 1 aliphatic rings. The van der Waals surface area contributed by atoms with Gasteiger partial charge in [0.05, 0.1) is 14.2 Å². The maximum atomic E-state index is 5.56. The Hall–Kier alpha value is -0.520. The molecule has 1 fully saturated rings. The zero-order valence-electron chi connectivity index (χ0n) is 12.5. The third kappa shape index (κ3) is 3.38. The van der Waals surface area contributed by atoms with Gasteiger partial charge in [-0.1, -0.05) is 13.0 Å². The molecule has 0 saturated carbocycles. The highest BCUT2D eigenvalue weighted by Crippen LogP contribution is 2.41. The predicted octanol–water partition coefficient (Wildman–Crippen LogP) is 3.20. The molecule has 1 aromatic carbocycles. The van der Waals surface area contributed by atoms with Crippen molar-refractivity contribution in [1.29, 1.82) is 0 Å². The molecule has 1 N–H and O–H groups in total. The molecule has 0 aromatic heterocycles. The highest BCUT2D eigenvalue weighted by molar-refractivity contribution is 8.07. The second kappa shape index (κ2) is 7.48. The van der Waals surface area contributed by atoms with E-state index in [2.05, 4.69) is 41.8 Å². The highest BCUT2D eigenvalue weighted by atomic mass is 32.2. The molecule has 1 aliphatic heterocycles. The lowest BCUT2D eigenvalue weighted by atomic mass is 10.0. The Kier molecular flexibility index (Phi) is 5.93.